The maximum absolute atomic E-state index is 2.46. The van der Waals surface area contributed by atoms with Crippen molar-refractivity contribution in [3.8, 4) is 0 Å². The summed E-state index contributed by atoms with van der Waals surface area (Å²) in [4.78, 5) is 0. The lowest BCUT2D eigenvalue weighted by atomic mass is 9.77. The Morgan fingerprint density at radius 1 is 0.818 bits per heavy atom. The highest BCUT2D eigenvalue weighted by Crippen LogP contribution is 2.59. The molecule has 0 amide bonds. The van der Waals surface area contributed by atoms with Crippen LogP contribution in [0.3, 0.4) is 0 Å². The topological polar surface area (TPSA) is 0 Å². The lowest BCUT2D eigenvalue weighted by molar-refractivity contribution is 0.398. The summed E-state index contributed by atoms with van der Waals surface area (Å²) in [6.07, 6.45) is 11.8. The highest BCUT2D eigenvalue weighted by Gasteiger charge is 2.47. The number of rotatable bonds is 1. The van der Waals surface area contributed by atoms with Gasteiger partial charge in [-0.25, -0.2) is 0 Å². The van der Waals surface area contributed by atoms with E-state index in [4.69, 9.17) is 0 Å². The molecule has 22 heavy (non-hydrogen) atoms. The fourth-order valence-electron chi connectivity index (χ4n) is 5.42. The Morgan fingerprint density at radius 3 is 2.41 bits per heavy atom. The molecular formula is C22H22. The number of allylic oxidation sites excluding steroid dienone is 1. The molecule has 3 aliphatic rings. The van der Waals surface area contributed by atoms with Crippen molar-refractivity contribution in [2.24, 2.45) is 0 Å². The normalized spacial score (nSPS) is 27.3. The van der Waals surface area contributed by atoms with E-state index in [0.29, 0.717) is 17.3 Å². The monoisotopic (exact) mass is 286 g/mol. The smallest absolute Gasteiger partial charge is 0.00964 e. The van der Waals surface area contributed by atoms with Crippen molar-refractivity contribution in [3.63, 3.8) is 0 Å². The summed E-state index contributed by atoms with van der Waals surface area (Å²) in [5.41, 5.74) is 6.77. The van der Waals surface area contributed by atoms with Gasteiger partial charge in [-0.2, -0.15) is 0 Å². The van der Waals surface area contributed by atoms with E-state index < -0.39 is 0 Å². The van der Waals surface area contributed by atoms with Gasteiger partial charge >= 0.3 is 0 Å². The molecule has 3 aliphatic carbocycles. The Hall–Kier alpha value is -1.82. The summed E-state index contributed by atoms with van der Waals surface area (Å²) >= 11 is 0. The SMILES string of the molecule is C1=CC(C2CC3(CCCC3)c3ccccc32)c2ccccc21. The molecule has 0 N–H and O–H groups in total. The van der Waals surface area contributed by atoms with Crippen LogP contribution in [0.2, 0.25) is 0 Å². The molecule has 2 unspecified atom stereocenters. The van der Waals surface area contributed by atoms with Crippen molar-refractivity contribution in [2.45, 2.75) is 49.4 Å². The van der Waals surface area contributed by atoms with Crippen molar-refractivity contribution in [2.75, 3.05) is 0 Å². The average Bonchev–Trinajstić information content (AvgIpc) is 3.27. The minimum absolute atomic E-state index is 0.493. The van der Waals surface area contributed by atoms with Gasteiger partial charge in [0.15, 0.2) is 0 Å². The van der Waals surface area contributed by atoms with Crippen molar-refractivity contribution >= 4 is 6.08 Å². The molecule has 0 heterocycles. The Bertz CT molecular complexity index is 746. The maximum Gasteiger partial charge on any atom is 0.00964 e. The number of hydrogen-bond donors (Lipinski definition) is 0. The third-order valence-corrected chi connectivity index (χ3v) is 6.37. The Balaban J connectivity index is 1.62. The lowest BCUT2D eigenvalue weighted by Gasteiger charge is -2.26. The first-order valence-corrected chi connectivity index (χ1v) is 8.74. The first kappa shape index (κ1) is 12.7. The van der Waals surface area contributed by atoms with Crippen LogP contribution in [0.4, 0.5) is 0 Å². The van der Waals surface area contributed by atoms with E-state index in [-0.39, 0.29) is 0 Å². The molecule has 1 spiro atoms. The quantitative estimate of drug-likeness (QED) is 0.622. The molecule has 0 nitrogen and oxygen atoms in total. The highest BCUT2D eigenvalue weighted by atomic mass is 14.5. The third kappa shape index (κ3) is 1.64. The summed E-state index contributed by atoms with van der Waals surface area (Å²) in [6, 6.07) is 18.3. The second-order valence-electron chi connectivity index (χ2n) is 7.40. The number of benzene rings is 2. The van der Waals surface area contributed by atoms with Gasteiger partial charge in [0.2, 0.25) is 0 Å². The van der Waals surface area contributed by atoms with Gasteiger partial charge in [-0.15, -0.1) is 0 Å². The van der Waals surface area contributed by atoms with Gasteiger partial charge in [-0.05, 0) is 52.8 Å². The molecule has 2 aromatic rings. The summed E-state index contributed by atoms with van der Waals surface area (Å²) < 4.78 is 0. The zero-order chi connectivity index (χ0) is 14.6. The standard InChI is InChI=1S/C22H22/c1-2-8-17-16(7-1)11-12-18(17)20-15-22(13-5-6-14-22)21-10-4-3-9-19(20)21/h1-4,7-12,18,20H,5-6,13-15H2. The Morgan fingerprint density at radius 2 is 1.55 bits per heavy atom. The van der Waals surface area contributed by atoms with E-state index >= 15 is 0 Å². The zero-order valence-electron chi connectivity index (χ0n) is 13.0. The number of hydrogen-bond acceptors (Lipinski definition) is 0. The average molecular weight is 286 g/mol. The van der Waals surface area contributed by atoms with Gasteiger partial charge in [0.1, 0.15) is 0 Å². The summed E-state index contributed by atoms with van der Waals surface area (Å²) in [7, 11) is 0. The van der Waals surface area contributed by atoms with E-state index in [1.54, 1.807) is 11.1 Å². The van der Waals surface area contributed by atoms with Crippen LogP contribution in [0.15, 0.2) is 54.6 Å². The summed E-state index contributed by atoms with van der Waals surface area (Å²) in [5.74, 6) is 1.26. The predicted molar refractivity (Wildman–Crippen MR) is 92.2 cm³/mol. The van der Waals surface area contributed by atoms with E-state index in [2.05, 4.69) is 60.7 Å². The molecular weight excluding hydrogens is 264 g/mol. The minimum atomic E-state index is 0.493. The van der Waals surface area contributed by atoms with Crippen molar-refractivity contribution in [3.05, 3.63) is 76.9 Å². The largest absolute Gasteiger partial charge is 0.0758 e. The van der Waals surface area contributed by atoms with E-state index in [1.807, 2.05) is 0 Å². The van der Waals surface area contributed by atoms with E-state index in [9.17, 15) is 0 Å². The molecule has 1 fully saturated rings. The Kier molecular flexibility index (Phi) is 2.65. The molecule has 0 bridgehead atoms. The van der Waals surface area contributed by atoms with Gasteiger partial charge in [-0.3, -0.25) is 0 Å². The van der Waals surface area contributed by atoms with E-state index in [0.717, 1.165) is 0 Å². The molecule has 1 saturated carbocycles. The van der Waals surface area contributed by atoms with Crippen LogP contribution >= 0.6 is 0 Å². The van der Waals surface area contributed by atoms with Crippen molar-refractivity contribution in [1.82, 2.24) is 0 Å². The van der Waals surface area contributed by atoms with Crippen molar-refractivity contribution in [1.29, 1.82) is 0 Å². The van der Waals surface area contributed by atoms with Crippen LogP contribution in [-0.2, 0) is 5.41 Å². The molecule has 0 heteroatoms. The van der Waals surface area contributed by atoms with Crippen LogP contribution in [0, 0.1) is 0 Å². The summed E-state index contributed by atoms with van der Waals surface area (Å²) in [6.45, 7) is 0. The van der Waals surface area contributed by atoms with Gasteiger partial charge in [0.25, 0.3) is 0 Å². The predicted octanol–water partition coefficient (Wildman–Crippen LogP) is 5.80. The first-order chi connectivity index (χ1) is 10.9. The van der Waals surface area contributed by atoms with Gasteiger partial charge in [-0.1, -0.05) is 73.5 Å². The minimum Gasteiger partial charge on any atom is -0.0758 e. The number of fused-ring (bicyclic) bond motifs is 3. The highest BCUT2D eigenvalue weighted by molar-refractivity contribution is 5.64. The molecule has 5 rings (SSSR count). The fourth-order valence-corrected chi connectivity index (χ4v) is 5.42. The first-order valence-electron chi connectivity index (χ1n) is 8.74. The second-order valence-corrected chi connectivity index (χ2v) is 7.40. The van der Waals surface area contributed by atoms with Crippen LogP contribution < -0.4 is 0 Å². The molecule has 0 aliphatic heterocycles. The molecule has 2 aromatic carbocycles. The van der Waals surface area contributed by atoms with Gasteiger partial charge in [0.05, 0.1) is 0 Å². The van der Waals surface area contributed by atoms with E-state index in [1.165, 1.54) is 43.2 Å². The lowest BCUT2D eigenvalue weighted by Crippen LogP contribution is -2.18. The van der Waals surface area contributed by atoms with Crippen LogP contribution in [0.1, 0.15) is 66.2 Å². The molecule has 2 atom stereocenters. The zero-order valence-corrected chi connectivity index (χ0v) is 13.0. The molecule has 0 radical (unpaired) electrons. The van der Waals surface area contributed by atoms with Crippen LogP contribution in [0.5, 0.6) is 0 Å². The maximum atomic E-state index is 2.46. The van der Waals surface area contributed by atoms with Crippen LogP contribution in [-0.4, -0.2) is 0 Å². The van der Waals surface area contributed by atoms with Gasteiger partial charge < -0.3 is 0 Å². The third-order valence-electron chi connectivity index (χ3n) is 6.37. The molecule has 110 valence electrons. The van der Waals surface area contributed by atoms with Gasteiger partial charge in [0, 0.05) is 5.92 Å². The second kappa shape index (κ2) is 4.59. The molecule has 0 aromatic heterocycles. The summed E-state index contributed by atoms with van der Waals surface area (Å²) in [5, 5.41) is 0. The van der Waals surface area contributed by atoms with Crippen molar-refractivity contribution < 1.29 is 0 Å². The molecule has 0 saturated heterocycles. The Labute approximate surface area is 132 Å². The van der Waals surface area contributed by atoms with Crippen LogP contribution in [0.25, 0.3) is 6.08 Å². The fraction of sp³-hybridized carbons (Fsp3) is 0.364.